The summed E-state index contributed by atoms with van der Waals surface area (Å²) >= 11 is 0. The molecule has 2 aromatic rings. The standard InChI is InChI=1S/C49H72N4O11/c1-7-8-9-10-11-12-13-14-15-16-17-18-19-20-44(59)52(5)39(31-54)48(62)51(4)33(3)40(55)25-26-45(60)53(6)46-35-22-24-42(57)37(30-35)36-28-34(21-23-41(36)56)29-38(49(63)64)50-47(61)32(2)27-43(46)58/h21-24,28,30,32-33,38-39,46,54,56-57H,7-20,25-27,29,31H2,1-6H3,(H,50,61)(H,63,64)/t32-,33-,38+,39-,46+/m1/s1. The van der Waals surface area contributed by atoms with Gasteiger partial charge in [0.1, 0.15) is 29.6 Å². The number of nitrogens with one attached hydrogen (secondary N) is 1. The average Bonchev–Trinajstić information content (AvgIpc) is 3.26. The number of aliphatic carboxylic acids is 1. The zero-order chi connectivity index (χ0) is 47.5. The molecule has 1 heterocycles. The normalized spacial score (nSPS) is 17.4. The van der Waals surface area contributed by atoms with Crippen molar-refractivity contribution in [3.05, 3.63) is 47.5 Å². The molecule has 4 bridgehead atoms. The van der Waals surface area contributed by atoms with E-state index in [-0.39, 0.29) is 59.8 Å². The zero-order valence-electron chi connectivity index (χ0n) is 38.8. The van der Waals surface area contributed by atoms with Crippen molar-refractivity contribution in [2.75, 3.05) is 27.7 Å². The number of aliphatic hydroxyl groups is 1. The van der Waals surface area contributed by atoms with Crippen LogP contribution in [0.4, 0.5) is 0 Å². The van der Waals surface area contributed by atoms with Gasteiger partial charge in [-0.2, -0.15) is 0 Å². The molecule has 64 heavy (non-hydrogen) atoms. The van der Waals surface area contributed by atoms with E-state index in [0.717, 1.165) is 29.1 Å². The number of aliphatic hydroxyl groups excluding tert-OH is 1. The molecule has 354 valence electrons. The van der Waals surface area contributed by atoms with Gasteiger partial charge in [0.05, 0.1) is 12.6 Å². The van der Waals surface area contributed by atoms with Crippen LogP contribution >= 0.6 is 0 Å². The monoisotopic (exact) mass is 893 g/mol. The van der Waals surface area contributed by atoms with Crippen LogP contribution < -0.4 is 5.32 Å². The number of Topliss-reactive ketones (excluding diaryl/α,β-unsaturated/α-hetero) is 2. The Bertz CT molecular complexity index is 1920. The fourth-order valence-corrected chi connectivity index (χ4v) is 8.16. The van der Waals surface area contributed by atoms with Crippen LogP contribution in [0.15, 0.2) is 36.4 Å². The molecule has 0 saturated carbocycles. The molecular weight excluding hydrogens is 821 g/mol. The molecular formula is C49H72N4O11. The Morgan fingerprint density at radius 1 is 0.719 bits per heavy atom. The number of rotatable bonds is 24. The molecule has 5 N–H and O–H groups in total. The molecule has 5 atom stereocenters. The van der Waals surface area contributed by atoms with Crippen molar-refractivity contribution in [3.63, 3.8) is 0 Å². The highest BCUT2D eigenvalue weighted by Crippen LogP contribution is 2.39. The summed E-state index contributed by atoms with van der Waals surface area (Å²) < 4.78 is 0. The van der Waals surface area contributed by atoms with Crippen molar-refractivity contribution in [3.8, 4) is 22.6 Å². The quantitative estimate of drug-likeness (QED) is 0.0718. The van der Waals surface area contributed by atoms with Gasteiger partial charge in [-0.15, -0.1) is 0 Å². The van der Waals surface area contributed by atoms with Gasteiger partial charge in [0, 0.05) is 70.3 Å². The van der Waals surface area contributed by atoms with Crippen LogP contribution in [0.1, 0.15) is 147 Å². The summed E-state index contributed by atoms with van der Waals surface area (Å²) in [6, 6.07) is 3.57. The maximum atomic E-state index is 14.0. The van der Waals surface area contributed by atoms with Gasteiger partial charge in [0.2, 0.25) is 23.6 Å². The first-order valence-corrected chi connectivity index (χ1v) is 23.1. The van der Waals surface area contributed by atoms with Gasteiger partial charge in [-0.3, -0.25) is 28.8 Å². The minimum absolute atomic E-state index is 0.112. The minimum atomic E-state index is -1.36. The fraction of sp³-hybridized carbons (Fsp3) is 0.612. The lowest BCUT2D eigenvalue weighted by Crippen LogP contribution is -2.53. The van der Waals surface area contributed by atoms with E-state index < -0.39 is 78.4 Å². The van der Waals surface area contributed by atoms with Gasteiger partial charge >= 0.3 is 5.97 Å². The predicted molar refractivity (Wildman–Crippen MR) is 243 cm³/mol. The molecule has 0 fully saturated rings. The van der Waals surface area contributed by atoms with E-state index in [4.69, 9.17) is 0 Å². The molecule has 15 nitrogen and oxygen atoms in total. The third-order valence-corrected chi connectivity index (χ3v) is 12.6. The number of hydrogen-bond donors (Lipinski definition) is 5. The first kappa shape index (κ1) is 53.0. The van der Waals surface area contributed by atoms with Crippen molar-refractivity contribution in [1.82, 2.24) is 20.0 Å². The minimum Gasteiger partial charge on any atom is -0.507 e. The molecule has 1 aliphatic rings. The molecule has 0 spiro atoms. The first-order chi connectivity index (χ1) is 30.4. The van der Waals surface area contributed by atoms with Crippen LogP contribution in [0.2, 0.25) is 0 Å². The highest BCUT2D eigenvalue weighted by atomic mass is 16.4. The molecule has 2 aromatic carbocycles. The molecule has 0 aliphatic carbocycles. The smallest absolute Gasteiger partial charge is 0.326 e. The van der Waals surface area contributed by atoms with E-state index in [1.165, 1.54) is 134 Å². The number of unbranched alkanes of at least 4 members (excludes halogenated alkanes) is 12. The van der Waals surface area contributed by atoms with Crippen molar-refractivity contribution in [2.45, 2.75) is 161 Å². The van der Waals surface area contributed by atoms with Crippen LogP contribution in [0.25, 0.3) is 11.1 Å². The van der Waals surface area contributed by atoms with Crippen molar-refractivity contribution in [2.24, 2.45) is 5.92 Å². The molecule has 0 saturated heterocycles. The van der Waals surface area contributed by atoms with Crippen molar-refractivity contribution < 1.29 is 54.0 Å². The highest BCUT2D eigenvalue weighted by Gasteiger charge is 2.35. The summed E-state index contributed by atoms with van der Waals surface area (Å²) in [4.78, 5) is 96.7. The van der Waals surface area contributed by atoms with E-state index in [9.17, 15) is 54.0 Å². The highest BCUT2D eigenvalue weighted by molar-refractivity contribution is 5.96. The zero-order valence-corrected chi connectivity index (χ0v) is 38.8. The Morgan fingerprint density at radius 3 is 1.83 bits per heavy atom. The number of nitrogens with zero attached hydrogens (tertiary/aromatic N) is 3. The Balaban J connectivity index is 1.63. The maximum absolute atomic E-state index is 14.0. The van der Waals surface area contributed by atoms with Crippen LogP contribution in [0, 0.1) is 5.92 Å². The lowest BCUT2D eigenvalue weighted by molar-refractivity contribution is -0.148. The second kappa shape index (κ2) is 26.5. The molecule has 0 aromatic heterocycles. The number of phenolic OH excluding ortho intramolecular Hbond substituents is 2. The number of carboxylic acids is 1. The van der Waals surface area contributed by atoms with E-state index in [2.05, 4.69) is 12.2 Å². The third-order valence-electron chi connectivity index (χ3n) is 12.6. The number of fused-ring (bicyclic) bond motifs is 5. The van der Waals surface area contributed by atoms with Crippen LogP contribution in [-0.4, -0.2) is 122 Å². The largest absolute Gasteiger partial charge is 0.507 e. The number of ketones is 2. The van der Waals surface area contributed by atoms with E-state index in [1.807, 2.05) is 0 Å². The van der Waals surface area contributed by atoms with Gasteiger partial charge in [-0.05, 0) is 48.7 Å². The lowest BCUT2D eigenvalue weighted by atomic mass is 9.89. The second-order valence-corrected chi connectivity index (χ2v) is 17.5. The Kier molecular flexibility index (Phi) is 21.9. The molecule has 3 rings (SSSR count). The SMILES string of the molecule is CCCCCCCCCCCCCCCC(=O)N(C)[C@H](CO)C(=O)N(C)[C@H](C)C(=O)CCC(=O)N(C)[C@@H]1C(=O)C[C@@H](C)C(=O)N[C@H](C(=O)O)Cc2ccc(O)c(c2)-c2cc1ccc2O. The summed E-state index contributed by atoms with van der Waals surface area (Å²) in [6.45, 7) is 4.53. The van der Waals surface area contributed by atoms with Gasteiger partial charge in [0.25, 0.3) is 0 Å². The van der Waals surface area contributed by atoms with Crippen molar-refractivity contribution in [1.29, 1.82) is 0 Å². The van der Waals surface area contributed by atoms with Crippen LogP contribution in [0.3, 0.4) is 0 Å². The summed E-state index contributed by atoms with van der Waals surface area (Å²) in [5, 5.41) is 44.2. The average molecular weight is 893 g/mol. The van der Waals surface area contributed by atoms with Gasteiger partial charge in [0.15, 0.2) is 11.6 Å². The molecule has 0 unspecified atom stereocenters. The number of amides is 4. The van der Waals surface area contributed by atoms with Crippen LogP contribution in [-0.2, 0) is 40.0 Å². The topological polar surface area (TPSA) is 222 Å². The number of hydrogen-bond acceptors (Lipinski definition) is 10. The Morgan fingerprint density at radius 2 is 1.27 bits per heavy atom. The van der Waals surface area contributed by atoms with E-state index in [0.29, 0.717) is 12.0 Å². The molecule has 0 radical (unpaired) electrons. The summed E-state index contributed by atoms with van der Waals surface area (Å²) in [7, 11) is 4.22. The summed E-state index contributed by atoms with van der Waals surface area (Å²) in [6.07, 6.45) is 14.2. The van der Waals surface area contributed by atoms with E-state index >= 15 is 0 Å². The number of phenols is 2. The van der Waals surface area contributed by atoms with E-state index in [1.54, 1.807) is 0 Å². The number of carbonyl (C=O) groups excluding carboxylic acids is 6. The maximum Gasteiger partial charge on any atom is 0.326 e. The Hall–Kier alpha value is -5.31. The number of likely N-dealkylation sites (N-methyl/N-ethyl adjacent to an activating group) is 3. The van der Waals surface area contributed by atoms with Crippen LogP contribution in [0.5, 0.6) is 11.5 Å². The molecule has 15 heteroatoms. The number of aromatic hydroxyl groups is 2. The molecule has 1 aliphatic heterocycles. The van der Waals surface area contributed by atoms with Gasteiger partial charge in [-0.25, -0.2) is 4.79 Å². The lowest BCUT2D eigenvalue weighted by Gasteiger charge is -2.32. The van der Waals surface area contributed by atoms with Crippen molar-refractivity contribution >= 4 is 41.2 Å². The summed E-state index contributed by atoms with van der Waals surface area (Å²) in [5.74, 6) is -6.10. The number of carboxylic acid groups (broad SMARTS) is 1. The Labute approximate surface area is 378 Å². The van der Waals surface area contributed by atoms with Gasteiger partial charge in [-0.1, -0.05) is 103 Å². The number of benzene rings is 2. The predicted octanol–water partition coefficient (Wildman–Crippen LogP) is 6.48. The first-order valence-electron chi connectivity index (χ1n) is 23.1. The summed E-state index contributed by atoms with van der Waals surface area (Å²) in [5.41, 5.74) is 0.930. The van der Waals surface area contributed by atoms with Gasteiger partial charge < -0.3 is 40.4 Å². The molecule has 4 amide bonds. The number of carbonyl (C=O) groups is 7. The fourth-order valence-electron chi connectivity index (χ4n) is 8.16. The third kappa shape index (κ3) is 15.4. The second-order valence-electron chi connectivity index (χ2n) is 17.5.